The van der Waals surface area contributed by atoms with Crippen LogP contribution in [-0.4, -0.2) is 65.7 Å². The fourth-order valence-electron chi connectivity index (χ4n) is 6.49. The van der Waals surface area contributed by atoms with Crippen LogP contribution in [0.1, 0.15) is 34.7 Å². The van der Waals surface area contributed by atoms with Crippen molar-refractivity contribution in [2.24, 2.45) is 11.5 Å². The van der Waals surface area contributed by atoms with Crippen LogP contribution in [0.25, 0.3) is 67.5 Å². The maximum absolute atomic E-state index is 15.9. The third kappa shape index (κ3) is 6.12. The van der Waals surface area contributed by atoms with E-state index in [0.717, 1.165) is 0 Å². The standard InChI is InChI=1S/C37H28F8N6O4/c38-28-24(29(39)33(43)26(32(28)42)36(54)14(46)10-52)22-18-3-1-12(48-18)9-13-2-4-19(49-13)23(21-8-6-17(51-21)16-5-7-20(22)50-16)25-30(40)34(44)27(35(45)31(25)41)37(55)15(47)11-53/h1-9,14-15,36-37,48-50,52-55H,10-11,46-47H2. The minimum atomic E-state index is -2.32. The van der Waals surface area contributed by atoms with E-state index in [0.29, 0.717) is 0 Å². The molecule has 0 saturated heterocycles. The molecule has 0 fully saturated rings. The van der Waals surface area contributed by atoms with Crippen molar-refractivity contribution >= 4 is 45.3 Å². The highest BCUT2D eigenvalue weighted by atomic mass is 19.2. The van der Waals surface area contributed by atoms with Gasteiger partial charge >= 0.3 is 0 Å². The van der Waals surface area contributed by atoms with Crippen LogP contribution in [0.5, 0.6) is 0 Å². The first-order valence-corrected chi connectivity index (χ1v) is 16.3. The number of halogens is 8. The fraction of sp³-hybridized carbons (Fsp3) is 0.162. The Morgan fingerprint density at radius 1 is 0.491 bits per heavy atom. The van der Waals surface area contributed by atoms with Crippen LogP contribution in [0.15, 0.2) is 42.5 Å². The van der Waals surface area contributed by atoms with E-state index in [-0.39, 0.29) is 44.5 Å². The highest BCUT2D eigenvalue weighted by Crippen LogP contribution is 2.41. The first-order valence-electron chi connectivity index (χ1n) is 16.3. The number of aromatic amines is 3. The summed E-state index contributed by atoms with van der Waals surface area (Å²) in [5.74, 6) is -15.5. The number of rotatable bonds is 8. The third-order valence-electron chi connectivity index (χ3n) is 9.31. The second-order valence-corrected chi connectivity index (χ2v) is 12.7. The number of nitrogens with zero attached hydrogens (tertiary/aromatic N) is 1. The molecule has 11 N–H and O–H groups in total. The van der Waals surface area contributed by atoms with Crippen LogP contribution in [-0.2, 0) is 0 Å². The van der Waals surface area contributed by atoms with Gasteiger partial charge in [0.25, 0.3) is 0 Å². The van der Waals surface area contributed by atoms with E-state index in [1.807, 2.05) is 0 Å². The van der Waals surface area contributed by atoms with Crippen molar-refractivity contribution in [3.05, 3.63) is 112 Å². The summed E-state index contributed by atoms with van der Waals surface area (Å²) in [6.07, 6.45) is -2.05. The lowest BCUT2D eigenvalue weighted by Crippen LogP contribution is -2.33. The molecule has 10 nitrogen and oxygen atoms in total. The summed E-state index contributed by atoms with van der Waals surface area (Å²) >= 11 is 0. The van der Waals surface area contributed by atoms with E-state index in [1.54, 1.807) is 0 Å². The minimum absolute atomic E-state index is 0.0241. The van der Waals surface area contributed by atoms with Crippen LogP contribution in [0.2, 0.25) is 0 Å². The number of H-pyrrole nitrogens is 3. The molecule has 18 heteroatoms. The lowest BCUT2D eigenvalue weighted by atomic mass is 9.95. The number of hydrogen-bond acceptors (Lipinski definition) is 7. The van der Waals surface area contributed by atoms with E-state index in [9.17, 15) is 20.4 Å². The molecule has 6 aromatic rings. The van der Waals surface area contributed by atoms with Gasteiger partial charge in [0.15, 0.2) is 46.5 Å². The van der Waals surface area contributed by atoms with Gasteiger partial charge in [-0.25, -0.2) is 40.1 Å². The highest BCUT2D eigenvalue weighted by molar-refractivity contribution is 5.97. The van der Waals surface area contributed by atoms with Gasteiger partial charge in [-0.2, -0.15) is 0 Å². The number of nitrogens with two attached hydrogens (primary N) is 2. The molecule has 4 unspecified atom stereocenters. The summed E-state index contributed by atoms with van der Waals surface area (Å²) in [4.78, 5) is 13.0. The van der Waals surface area contributed by atoms with Gasteiger partial charge in [0.2, 0.25) is 0 Å². The number of aliphatic hydroxyl groups excluding tert-OH is 4. The summed E-state index contributed by atoms with van der Waals surface area (Å²) in [6.45, 7) is -1.94. The largest absolute Gasteiger partial charge is 0.395 e. The van der Waals surface area contributed by atoms with Crippen LogP contribution in [0, 0.1) is 46.5 Å². The maximum atomic E-state index is 15.9. The summed E-state index contributed by atoms with van der Waals surface area (Å²) in [6, 6.07) is 6.19. The number of aromatic nitrogens is 4. The molecule has 0 radical (unpaired) electrons. The van der Waals surface area contributed by atoms with Crippen molar-refractivity contribution < 1.29 is 55.5 Å². The Labute approximate surface area is 303 Å². The van der Waals surface area contributed by atoms with Gasteiger partial charge in [0.1, 0.15) is 12.2 Å². The molecular weight excluding hydrogens is 744 g/mol. The molecule has 8 bridgehead atoms. The monoisotopic (exact) mass is 772 g/mol. The highest BCUT2D eigenvalue weighted by Gasteiger charge is 2.35. The summed E-state index contributed by atoms with van der Waals surface area (Å²) < 4.78 is 126. The van der Waals surface area contributed by atoms with Gasteiger partial charge in [-0.1, -0.05) is 0 Å². The van der Waals surface area contributed by atoms with E-state index < -0.39 is 117 Å². The molecule has 286 valence electrons. The molecule has 5 heterocycles. The van der Waals surface area contributed by atoms with Gasteiger partial charge in [0.05, 0.1) is 64.5 Å². The number of hydrogen-bond donors (Lipinski definition) is 9. The Morgan fingerprint density at radius 2 is 0.873 bits per heavy atom. The second-order valence-electron chi connectivity index (χ2n) is 12.7. The van der Waals surface area contributed by atoms with Crippen molar-refractivity contribution in [1.29, 1.82) is 0 Å². The maximum Gasteiger partial charge on any atom is 0.170 e. The Bertz CT molecular complexity index is 2620. The predicted molar refractivity (Wildman–Crippen MR) is 186 cm³/mol. The van der Waals surface area contributed by atoms with Gasteiger partial charge in [-0.05, 0) is 54.6 Å². The van der Waals surface area contributed by atoms with Gasteiger partial charge in [-0.3, -0.25) is 0 Å². The minimum Gasteiger partial charge on any atom is -0.395 e. The Morgan fingerprint density at radius 3 is 1.35 bits per heavy atom. The van der Waals surface area contributed by atoms with Gasteiger partial charge < -0.3 is 46.8 Å². The molecule has 4 atom stereocenters. The number of fused-ring (bicyclic) bond motifs is 9. The Hall–Kier alpha value is -5.63. The van der Waals surface area contributed by atoms with Crippen molar-refractivity contribution in [2.75, 3.05) is 13.2 Å². The lowest BCUT2D eigenvalue weighted by molar-refractivity contribution is 0.101. The predicted octanol–water partition coefficient (Wildman–Crippen LogP) is 5.85. The average Bonchev–Trinajstić information content (AvgIpc) is 4.01. The summed E-state index contributed by atoms with van der Waals surface area (Å²) in [5, 5.41) is 39.1. The van der Waals surface area contributed by atoms with E-state index in [1.165, 1.54) is 54.6 Å². The molecule has 1 aliphatic heterocycles. The smallest absolute Gasteiger partial charge is 0.170 e. The number of benzene rings is 2. The zero-order valence-electron chi connectivity index (χ0n) is 27.8. The quantitative estimate of drug-likeness (QED) is 0.0683. The molecule has 7 rings (SSSR count). The molecule has 0 saturated carbocycles. The fourth-order valence-corrected chi connectivity index (χ4v) is 6.49. The number of nitrogens with one attached hydrogen (secondary N) is 3. The normalized spacial score (nSPS) is 14.5. The van der Waals surface area contributed by atoms with Crippen molar-refractivity contribution in [3.63, 3.8) is 0 Å². The molecule has 0 aliphatic carbocycles. The molecule has 1 aliphatic rings. The van der Waals surface area contributed by atoms with Crippen molar-refractivity contribution in [2.45, 2.75) is 24.3 Å². The first-order chi connectivity index (χ1) is 26.2. The van der Waals surface area contributed by atoms with E-state index in [2.05, 4.69) is 19.9 Å². The summed E-state index contributed by atoms with van der Waals surface area (Å²) in [7, 11) is 0. The van der Waals surface area contributed by atoms with Gasteiger partial charge in [-0.15, -0.1) is 0 Å². The molecule has 4 aromatic heterocycles. The Balaban J connectivity index is 1.55. The van der Waals surface area contributed by atoms with E-state index >= 15 is 35.1 Å². The SMILES string of the molecule is NC(CO)C(O)c1c(F)c(F)c(-c2c3nc(c4ccc([nH]4)c(-c4c(F)c(F)c(C(O)C(N)CO)c(F)c4F)c4ccc(cc5ccc2[nH]5)[nH]4)C=C3)c(F)c1F. The van der Waals surface area contributed by atoms with Crippen LogP contribution >= 0.6 is 0 Å². The van der Waals surface area contributed by atoms with Crippen LogP contribution in [0.4, 0.5) is 35.1 Å². The van der Waals surface area contributed by atoms with Crippen molar-refractivity contribution in [1.82, 2.24) is 19.9 Å². The zero-order valence-corrected chi connectivity index (χ0v) is 27.8. The molecule has 2 aromatic carbocycles. The second kappa shape index (κ2) is 14.2. The first kappa shape index (κ1) is 37.7. The van der Waals surface area contributed by atoms with Crippen LogP contribution in [0.3, 0.4) is 0 Å². The molecule has 0 spiro atoms. The van der Waals surface area contributed by atoms with Crippen molar-refractivity contribution in [3.8, 4) is 22.3 Å². The topological polar surface area (TPSA) is 193 Å². The number of aliphatic hydroxyl groups is 4. The molecule has 0 amide bonds. The average molecular weight is 773 g/mol. The Kier molecular flexibility index (Phi) is 9.74. The third-order valence-corrected chi connectivity index (χ3v) is 9.31. The molecular formula is C37H28F8N6O4. The lowest BCUT2D eigenvalue weighted by Gasteiger charge is -2.20. The molecule has 55 heavy (non-hydrogen) atoms. The summed E-state index contributed by atoms with van der Waals surface area (Å²) in [5.41, 5.74) is 4.86. The van der Waals surface area contributed by atoms with Crippen LogP contribution < -0.4 is 11.5 Å². The van der Waals surface area contributed by atoms with E-state index in [4.69, 9.17) is 11.5 Å². The van der Waals surface area contributed by atoms with Gasteiger partial charge in [0, 0.05) is 38.7 Å². The zero-order chi connectivity index (χ0) is 39.6.